The van der Waals surface area contributed by atoms with Crippen LogP contribution in [0.4, 0.5) is 0 Å². The standard InChI is InChI=1S/C58H88N8O4/c1-56(2,3)38-16-10-13-34-42(38)50-59-46(34)61-51-44-36(15-12-18-40(44)58(7,8)9)48(63-51)65-53-45-37(49(66-53)64-52-43-35(47(60-50)62-52)14-11-17-39(43)57(4,5)6)28-27-33(29-19-23-31(24-20-29)54(67)68)41(45)30-21-25-32(26-22-30)55(69)70/h19-26,33-53,59-66H,10-18,27-28H2,1-9H3,(H,67,68)(H,69,70). The molecule has 2 aromatic carbocycles. The number of hydrogen-bond donors (Lipinski definition) is 10. The van der Waals surface area contributed by atoms with Crippen LogP contribution in [0.25, 0.3) is 0 Å². The molecule has 384 valence electrons. The second-order valence-electron chi connectivity index (χ2n) is 27.4. The van der Waals surface area contributed by atoms with Crippen LogP contribution in [-0.4, -0.2) is 71.5 Å². The van der Waals surface area contributed by atoms with E-state index in [0.29, 0.717) is 64.4 Å². The van der Waals surface area contributed by atoms with Crippen LogP contribution in [0.3, 0.4) is 0 Å². The van der Waals surface area contributed by atoms with Crippen molar-refractivity contribution in [3.05, 3.63) is 70.8 Å². The third kappa shape index (κ3) is 8.81. The molecule has 12 heteroatoms. The lowest BCUT2D eigenvalue weighted by molar-refractivity contribution is 0.0347. The van der Waals surface area contributed by atoms with Crippen molar-refractivity contribution in [1.82, 2.24) is 42.5 Å². The van der Waals surface area contributed by atoms with Gasteiger partial charge in [-0.2, -0.15) is 0 Å². The minimum atomic E-state index is -0.918. The lowest BCUT2D eigenvalue weighted by Crippen LogP contribution is -2.62. The molecule has 21 unspecified atom stereocenters. The molecule has 8 bridgehead atoms. The number of fused-ring (bicyclic) bond motifs is 20. The van der Waals surface area contributed by atoms with Crippen LogP contribution in [0.1, 0.15) is 177 Å². The molecule has 5 aliphatic heterocycles. The van der Waals surface area contributed by atoms with Gasteiger partial charge in [0.2, 0.25) is 0 Å². The van der Waals surface area contributed by atoms with Crippen molar-refractivity contribution < 1.29 is 19.8 Å². The molecule has 5 saturated heterocycles. The summed E-state index contributed by atoms with van der Waals surface area (Å²) in [7, 11) is 0. The predicted molar refractivity (Wildman–Crippen MR) is 275 cm³/mol. The molecular weight excluding hydrogens is 873 g/mol. The zero-order valence-electron chi connectivity index (χ0n) is 43.7. The normalized spacial score (nSPS) is 43.9. The second kappa shape index (κ2) is 18.5. The van der Waals surface area contributed by atoms with Gasteiger partial charge in [0.05, 0.1) is 60.5 Å². The number of rotatable bonds is 4. The number of aromatic carboxylic acids is 2. The Morgan fingerprint density at radius 2 is 0.686 bits per heavy atom. The van der Waals surface area contributed by atoms with E-state index in [-0.39, 0.29) is 89.2 Å². The van der Waals surface area contributed by atoms with Crippen LogP contribution >= 0.6 is 0 Å². The molecule has 9 aliphatic rings. The quantitative estimate of drug-likeness (QED) is 0.142. The number of nitrogens with one attached hydrogen (secondary N) is 8. The lowest BCUT2D eigenvalue weighted by Gasteiger charge is -2.47. The van der Waals surface area contributed by atoms with Crippen LogP contribution in [-0.2, 0) is 0 Å². The molecule has 2 aromatic rings. The van der Waals surface area contributed by atoms with Crippen molar-refractivity contribution in [2.75, 3.05) is 0 Å². The van der Waals surface area contributed by atoms with E-state index in [1.54, 1.807) is 24.3 Å². The van der Waals surface area contributed by atoms with E-state index in [2.05, 4.69) is 117 Å². The zero-order valence-corrected chi connectivity index (χ0v) is 43.7. The monoisotopic (exact) mass is 961 g/mol. The SMILES string of the molecule is CC(C)(C)C1CCCC2C3NC(NC4NC(NC5NC(NC6NC(N3)C3C6CCCC3C(C)(C)C)C3C5CCCC3C(C)(C)C)C3C4CCC(c4ccc(C(=O)O)cc4)C3c3ccc(C(=O)O)cc3)C21. The molecule has 10 N–H and O–H groups in total. The summed E-state index contributed by atoms with van der Waals surface area (Å²) < 4.78 is 0. The first kappa shape index (κ1) is 49.3. The first-order valence-electron chi connectivity index (χ1n) is 28.0. The fraction of sp³-hybridized carbons (Fsp3) is 0.759. The Balaban J connectivity index is 1.03. The molecule has 21 atom stereocenters. The topological polar surface area (TPSA) is 171 Å². The van der Waals surface area contributed by atoms with Gasteiger partial charge in [0.15, 0.2) is 0 Å². The third-order valence-electron chi connectivity index (χ3n) is 20.8. The molecule has 0 radical (unpaired) electrons. The summed E-state index contributed by atoms with van der Waals surface area (Å²) in [6.45, 7) is 22.3. The van der Waals surface area contributed by atoms with Crippen LogP contribution in [0, 0.1) is 81.3 Å². The summed E-state index contributed by atoms with van der Waals surface area (Å²) in [4.78, 5) is 24.4. The van der Waals surface area contributed by atoms with Crippen molar-refractivity contribution >= 4 is 11.9 Å². The number of carbonyl (C=O) groups is 2. The Morgan fingerprint density at radius 3 is 1.00 bits per heavy atom. The Morgan fingerprint density at radius 1 is 0.386 bits per heavy atom. The summed E-state index contributed by atoms with van der Waals surface area (Å²) in [6.07, 6.45) is 14.1. The van der Waals surface area contributed by atoms with Gasteiger partial charge in [0.1, 0.15) is 0 Å². The van der Waals surface area contributed by atoms with Crippen molar-refractivity contribution in [2.24, 2.45) is 81.3 Å². The summed E-state index contributed by atoms with van der Waals surface area (Å²) in [5.41, 5.74) is 3.42. The highest BCUT2D eigenvalue weighted by molar-refractivity contribution is 5.88. The molecule has 70 heavy (non-hydrogen) atoms. The van der Waals surface area contributed by atoms with Crippen LogP contribution in [0.2, 0.25) is 0 Å². The first-order valence-corrected chi connectivity index (χ1v) is 28.0. The number of benzene rings is 2. The van der Waals surface area contributed by atoms with Gasteiger partial charge >= 0.3 is 11.9 Å². The molecular formula is C58H88N8O4. The minimum absolute atomic E-state index is 0.0350. The minimum Gasteiger partial charge on any atom is -0.478 e. The van der Waals surface area contributed by atoms with Gasteiger partial charge in [-0.3, -0.25) is 42.5 Å². The second-order valence-corrected chi connectivity index (χ2v) is 27.4. The van der Waals surface area contributed by atoms with Gasteiger partial charge in [-0.15, -0.1) is 0 Å². The Bertz CT molecular complexity index is 2200. The molecule has 11 rings (SSSR count). The molecule has 5 heterocycles. The van der Waals surface area contributed by atoms with E-state index in [1.807, 2.05) is 12.1 Å². The molecule has 0 spiro atoms. The highest BCUT2D eigenvalue weighted by Gasteiger charge is 2.60. The first-order chi connectivity index (χ1) is 33.2. The van der Waals surface area contributed by atoms with E-state index >= 15 is 0 Å². The summed E-state index contributed by atoms with van der Waals surface area (Å²) >= 11 is 0. The smallest absolute Gasteiger partial charge is 0.335 e. The average Bonchev–Trinajstić information content (AvgIpc) is 4.06. The largest absolute Gasteiger partial charge is 0.478 e. The van der Waals surface area contributed by atoms with Crippen LogP contribution < -0.4 is 42.5 Å². The number of carboxylic acids is 2. The molecule has 9 fully saturated rings. The lowest BCUT2D eigenvalue weighted by atomic mass is 9.61. The van der Waals surface area contributed by atoms with Gasteiger partial charge in [0.25, 0.3) is 0 Å². The van der Waals surface area contributed by atoms with Gasteiger partial charge in [-0.25, -0.2) is 9.59 Å². The van der Waals surface area contributed by atoms with Crippen molar-refractivity contribution in [1.29, 1.82) is 0 Å². The Hall–Kier alpha value is -2.94. The fourth-order valence-electron chi connectivity index (χ4n) is 17.9. The van der Waals surface area contributed by atoms with E-state index in [4.69, 9.17) is 0 Å². The molecule has 0 aromatic heterocycles. The summed E-state index contributed by atoms with van der Waals surface area (Å²) in [5, 5.41) is 55.3. The van der Waals surface area contributed by atoms with Gasteiger partial charge in [-0.1, -0.05) is 106 Å². The average molecular weight is 961 g/mol. The van der Waals surface area contributed by atoms with E-state index in [1.165, 1.54) is 57.8 Å². The number of hydrogen-bond acceptors (Lipinski definition) is 10. The van der Waals surface area contributed by atoms with E-state index < -0.39 is 11.9 Å². The van der Waals surface area contributed by atoms with Gasteiger partial charge in [-0.05, 0) is 174 Å². The van der Waals surface area contributed by atoms with Crippen molar-refractivity contribution in [3.8, 4) is 0 Å². The zero-order chi connectivity index (χ0) is 49.2. The van der Waals surface area contributed by atoms with Crippen LogP contribution in [0.5, 0.6) is 0 Å². The maximum atomic E-state index is 12.3. The number of carboxylic acid groups (broad SMARTS) is 2. The molecule has 0 amide bonds. The Labute approximate surface area is 419 Å². The maximum absolute atomic E-state index is 12.3. The van der Waals surface area contributed by atoms with Crippen molar-refractivity contribution in [3.63, 3.8) is 0 Å². The highest BCUT2D eigenvalue weighted by Crippen LogP contribution is 2.57. The third-order valence-corrected chi connectivity index (χ3v) is 20.8. The maximum Gasteiger partial charge on any atom is 0.335 e. The highest BCUT2D eigenvalue weighted by atomic mass is 16.4. The molecule has 4 saturated carbocycles. The van der Waals surface area contributed by atoms with Gasteiger partial charge < -0.3 is 10.2 Å². The van der Waals surface area contributed by atoms with E-state index in [0.717, 1.165) is 24.0 Å². The molecule has 4 aliphatic carbocycles. The fourth-order valence-corrected chi connectivity index (χ4v) is 17.9. The van der Waals surface area contributed by atoms with Crippen LogP contribution in [0.15, 0.2) is 48.5 Å². The summed E-state index contributed by atoms with van der Waals surface area (Å²) in [6, 6.07) is 15.3. The predicted octanol–water partition coefficient (Wildman–Crippen LogP) is 8.61. The van der Waals surface area contributed by atoms with Gasteiger partial charge in [0, 0.05) is 5.92 Å². The van der Waals surface area contributed by atoms with E-state index in [9.17, 15) is 19.8 Å². The molecule has 12 nitrogen and oxygen atoms in total. The Kier molecular flexibility index (Phi) is 13.0. The van der Waals surface area contributed by atoms with Crippen molar-refractivity contribution in [2.45, 2.75) is 194 Å². The summed E-state index contributed by atoms with van der Waals surface area (Å²) in [5.74, 6) is 3.45.